The number of nitrogens with two attached hydrogens (primary N) is 1. The van der Waals surface area contributed by atoms with E-state index in [1.165, 1.54) is 5.51 Å². The van der Waals surface area contributed by atoms with Gasteiger partial charge in [-0.15, -0.1) is 10.2 Å². The Bertz CT molecular complexity index is 723. The van der Waals surface area contributed by atoms with Crippen LogP contribution in [0.5, 0.6) is 0 Å². The molecule has 0 fully saturated rings. The van der Waals surface area contributed by atoms with Gasteiger partial charge in [-0.2, -0.15) is 0 Å². The molecule has 0 aliphatic rings. The number of aromatic nitrogens is 2. The van der Waals surface area contributed by atoms with Crippen molar-refractivity contribution in [3.63, 3.8) is 0 Å². The Hall–Kier alpha value is -0.970. The van der Waals surface area contributed by atoms with Gasteiger partial charge in [-0.05, 0) is 22.0 Å². The van der Waals surface area contributed by atoms with Crippen molar-refractivity contribution in [2.45, 2.75) is 4.90 Å². The summed E-state index contributed by atoms with van der Waals surface area (Å²) < 4.78 is 40.1. The van der Waals surface area contributed by atoms with Crippen LogP contribution in [0.1, 0.15) is 0 Å². The second kappa shape index (κ2) is 5.19. The van der Waals surface area contributed by atoms with Gasteiger partial charge < -0.3 is 5.73 Å². The van der Waals surface area contributed by atoms with Crippen LogP contribution in [-0.4, -0.2) is 18.6 Å². The molecule has 0 saturated carbocycles. The van der Waals surface area contributed by atoms with Crippen LogP contribution in [0.15, 0.2) is 20.9 Å². The van der Waals surface area contributed by atoms with Crippen LogP contribution < -0.4 is 10.5 Å². The molecule has 1 aromatic carbocycles. The Labute approximate surface area is 125 Å². The summed E-state index contributed by atoms with van der Waals surface area (Å²) in [7, 11) is -4.18. The highest BCUT2D eigenvalue weighted by Gasteiger charge is 2.25. The standard InChI is InChI=1S/C8H5BrClFN4O2S2/c9-5-3(10)1-4(6(11)7(5)12)19(16,17)15-8-14-13-2-18-8/h1-2H,12H2,(H,14,15). The molecule has 0 radical (unpaired) electrons. The second-order valence-electron chi connectivity index (χ2n) is 3.25. The molecule has 2 rings (SSSR count). The van der Waals surface area contributed by atoms with Gasteiger partial charge in [0.2, 0.25) is 5.13 Å². The lowest BCUT2D eigenvalue weighted by Crippen LogP contribution is -2.15. The Morgan fingerprint density at radius 2 is 2.21 bits per heavy atom. The van der Waals surface area contributed by atoms with Gasteiger partial charge in [0.15, 0.2) is 5.82 Å². The zero-order valence-electron chi connectivity index (χ0n) is 8.89. The van der Waals surface area contributed by atoms with E-state index >= 15 is 0 Å². The minimum absolute atomic E-state index is 0.0111. The third kappa shape index (κ3) is 2.81. The zero-order valence-corrected chi connectivity index (χ0v) is 12.9. The number of nitrogens with zero attached hydrogens (tertiary/aromatic N) is 2. The Balaban J connectivity index is 2.52. The molecule has 1 heterocycles. The molecule has 0 atom stereocenters. The summed E-state index contributed by atoms with van der Waals surface area (Å²) in [5.41, 5.74) is 6.38. The summed E-state index contributed by atoms with van der Waals surface area (Å²) in [5.74, 6) is -1.09. The fourth-order valence-corrected chi connectivity index (χ4v) is 3.56. The topological polar surface area (TPSA) is 98.0 Å². The molecule has 6 nitrogen and oxygen atoms in total. The molecule has 0 aliphatic carbocycles. The van der Waals surface area contributed by atoms with Gasteiger partial charge in [0.25, 0.3) is 10.0 Å². The van der Waals surface area contributed by atoms with Gasteiger partial charge in [-0.3, -0.25) is 4.72 Å². The summed E-state index contributed by atoms with van der Waals surface area (Å²) in [4.78, 5) is -0.659. The summed E-state index contributed by atoms with van der Waals surface area (Å²) in [5, 5.41) is 6.96. The fourth-order valence-electron chi connectivity index (χ4n) is 1.18. The normalized spacial score (nSPS) is 11.5. The van der Waals surface area contributed by atoms with Gasteiger partial charge in [0.05, 0.1) is 15.2 Å². The predicted octanol–water partition coefficient (Wildman–Crippen LogP) is 2.48. The highest BCUT2D eigenvalue weighted by Crippen LogP contribution is 2.35. The van der Waals surface area contributed by atoms with Crippen LogP contribution in [0.3, 0.4) is 0 Å². The van der Waals surface area contributed by atoms with E-state index in [9.17, 15) is 12.8 Å². The van der Waals surface area contributed by atoms with Crippen LogP contribution in [0, 0.1) is 5.82 Å². The SMILES string of the molecule is Nc1c(F)c(S(=O)(=O)Nc2nncs2)cc(Cl)c1Br. The lowest BCUT2D eigenvalue weighted by atomic mass is 10.3. The third-order valence-electron chi connectivity index (χ3n) is 2.03. The quantitative estimate of drug-likeness (QED) is 0.623. The number of rotatable bonds is 3. The van der Waals surface area contributed by atoms with Crippen molar-refractivity contribution in [3.05, 3.63) is 26.9 Å². The first-order chi connectivity index (χ1) is 8.83. The molecule has 0 unspecified atom stereocenters. The molecule has 0 saturated heterocycles. The highest BCUT2D eigenvalue weighted by atomic mass is 79.9. The van der Waals surface area contributed by atoms with E-state index in [4.69, 9.17) is 17.3 Å². The maximum Gasteiger partial charge on any atom is 0.266 e. The minimum Gasteiger partial charge on any atom is -0.395 e. The molecule has 0 spiro atoms. The molecule has 11 heteroatoms. The first-order valence-electron chi connectivity index (χ1n) is 4.55. The number of nitrogens with one attached hydrogen (secondary N) is 1. The average Bonchev–Trinajstić information content (AvgIpc) is 2.83. The lowest BCUT2D eigenvalue weighted by molar-refractivity contribution is 0.572. The molecule has 2 aromatic rings. The highest BCUT2D eigenvalue weighted by molar-refractivity contribution is 9.10. The molecule has 3 N–H and O–H groups in total. The van der Waals surface area contributed by atoms with Crippen molar-refractivity contribution in [2.75, 3.05) is 10.5 Å². The van der Waals surface area contributed by atoms with Crippen LogP contribution in [0.25, 0.3) is 0 Å². The number of nitrogen functional groups attached to an aromatic ring is 1. The van der Waals surface area contributed by atoms with Gasteiger partial charge in [-0.1, -0.05) is 22.9 Å². The van der Waals surface area contributed by atoms with Gasteiger partial charge >= 0.3 is 0 Å². The van der Waals surface area contributed by atoms with Crippen LogP contribution in [0.4, 0.5) is 15.2 Å². The van der Waals surface area contributed by atoms with E-state index in [1.54, 1.807) is 0 Å². The predicted molar refractivity (Wildman–Crippen MR) is 74.2 cm³/mol. The smallest absolute Gasteiger partial charge is 0.266 e. The number of halogens is 3. The van der Waals surface area contributed by atoms with E-state index in [1.807, 2.05) is 0 Å². The summed E-state index contributed by atoms with van der Waals surface area (Å²) in [6.45, 7) is 0. The monoisotopic (exact) mass is 386 g/mol. The van der Waals surface area contributed by atoms with Crippen molar-refractivity contribution < 1.29 is 12.8 Å². The van der Waals surface area contributed by atoms with E-state index in [2.05, 4.69) is 30.8 Å². The van der Waals surface area contributed by atoms with Crippen molar-refractivity contribution in [2.24, 2.45) is 0 Å². The third-order valence-corrected chi connectivity index (χ3v) is 5.48. The number of benzene rings is 1. The summed E-state index contributed by atoms with van der Waals surface area (Å²) in [6.07, 6.45) is 0. The minimum atomic E-state index is -4.18. The first-order valence-corrected chi connectivity index (χ1v) is 8.08. The molecular formula is C8H5BrClFN4O2S2. The largest absolute Gasteiger partial charge is 0.395 e. The van der Waals surface area contributed by atoms with Crippen molar-refractivity contribution >= 4 is 59.7 Å². The molecule has 0 bridgehead atoms. The Kier molecular flexibility index (Phi) is 3.95. The molecule has 1 aromatic heterocycles. The number of anilines is 2. The maximum atomic E-state index is 13.9. The molecular weight excluding hydrogens is 383 g/mol. The Morgan fingerprint density at radius 3 is 2.79 bits per heavy atom. The zero-order chi connectivity index (χ0) is 14.2. The molecule has 0 amide bonds. The maximum absolute atomic E-state index is 13.9. The fraction of sp³-hybridized carbons (Fsp3) is 0. The average molecular weight is 388 g/mol. The van der Waals surface area contributed by atoms with Gasteiger partial charge in [-0.25, -0.2) is 12.8 Å². The van der Waals surface area contributed by atoms with E-state index in [0.717, 1.165) is 17.4 Å². The van der Waals surface area contributed by atoms with Crippen LogP contribution in [-0.2, 0) is 10.0 Å². The molecule has 102 valence electrons. The molecule has 0 aliphatic heterocycles. The first kappa shape index (κ1) is 14.4. The van der Waals surface area contributed by atoms with Crippen LogP contribution >= 0.6 is 38.9 Å². The summed E-state index contributed by atoms with van der Waals surface area (Å²) in [6, 6.07) is 0.959. The number of hydrogen-bond acceptors (Lipinski definition) is 6. The van der Waals surface area contributed by atoms with Crippen molar-refractivity contribution in [1.82, 2.24) is 10.2 Å². The molecule has 19 heavy (non-hydrogen) atoms. The van der Waals surface area contributed by atoms with Crippen LogP contribution in [0.2, 0.25) is 5.02 Å². The van der Waals surface area contributed by atoms with E-state index in [-0.39, 0.29) is 20.3 Å². The van der Waals surface area contributed by atoms with Crippen molar-refractivity contribution in [3.8, 4) is 0 Å². The number of sulfonamides is 1. The van der Waals surface area contributed by atoms with Gasteiger partial charge in [0.1, 0.15) is 10.4 Å². The second-order valence-corrected chi connectivity index (χ2v) is 6.93. The van der Waals surface area contributed by atoms with Gasteiger partial charge in [0, 0.05) is 0 Å². The van der Waals surface area contributed by atoms with Crippen molar-refractivity contribution in [1.29, 1.82) is 0 Å². The van der Waals surface area contributed by atoms with E-state index < -0.39 is 20.7 Å². The summed E-state index contributed by atoms with van der Waals surface area (Å²) >= 11 is 9.68. The Morgan fingerprint density at radius 1 is 1.53 bits per heavy atom. The lowest BCUT2D eigenvalue weighted by Gasteiger charge is -2.10. The van der Waals surface area contributed by atoms with E-state index in [0.29, 0.717) is 0 Å². The number of hydrogen-bond donors (Lipinski definition) is 2.